The van der Waals surface area contributed by atoms with Gasteiger partial charge in [-0.3, -0.25) is 4.79 Å². The van der Waals surface area contributed by atoms with Gasteiger partial charge in [-0.05, 0) is 31.0 Å². The van der Waals surface area contributed by atoms with Gasteiger partial charge in [-0.25, -0.2) is 4.39 Å². The van der Waals surface area contributed by atoms with Crippen LogP contribution < -0.4 is 5.32 Å². The summed E-state index contributed by atoms with van der Waals surface area (Å²) in [5, 5.41) is 2.89. The molecule has 16 heavy (non-hydrogen) atoms. The van der Waals surface area contributed by atoms with E-state index in [9.17, 15) is 9.18 Å². The van der Waals surface area contributed by atoms with Crippen LogP contribution in [0, 0.1) is 5.82 Å². The first kappa shape index (κ1) is 10.1. The van der Waals surface area contributed by atoms with Crippen LogP contribution in [-0.2, 0) is 4.79 Å². The second-order valence-corrected chi connectivity index (χ2v) is 5.82. The van der Waals surface area contributed by atoms with Crippen LogP contribution in [0.5, 0.6) is 0 Å². The molecule has 84 valence electrons. The zero-order valence-corrected chi connectivity index (χ0v) is 9.57. The molecule has 0 unspecified atom stereocenters. The number of anilines is 1. The smallest absolute Gasteiger partial charge is 0.241 e. The van der Waals surface area contributed by atoms with Crippen molar-refractivity contribution in [3.63, 3.8) is 0 Å². The number of hydrogen-bond donors (Lipinski definition) is 1. The maximum atomic E-state index is 13.1. The number of fused-ring (bicyclic) bond motifs is 1. The molecule has 4 heteroatoms. The van der Waals surface area contributed by atoms with Crippen LogP contribution in [0.25, 0.3) is 0 Å². The minimum absolute atomic E-state index is 0.0918. The van der Waals surface area contributed by atoms with Gasteiger partial charge in [0.25, 0.3) is 0 Å². The highest BCUT2D eigenvalue weighted by molar-refractivity contribution is 8.01. The van der Waals surface area contributed by atoms with Crippen molar-refractivity contribution >= 4 is 23.4 Å². The second-order valence-electron chi connectivity index (χ2n) is 4.40. The van der Waals surface area contributed by atoms with Crippen LogP contribution in [-0.4, -0.2) is 10.7 Å². The Bertz CT molecular complexity index is 454. The lowest BCUT2D eigenvalue weighted by Gasteiger charge is -2.32. The van der Waals surface area contributed by atoms with Gasteiger partial charge in [0, 0.05) is 4.90 Å². The van der Waals surface area contributed by atoms with Crippen molar-refractivity contribution in [3.05, 3.63) is 24.0 Å². The Balaban J connectivity index is 2.02. The van der Waals surface area contributed by atoms with Gasteiger partial charge in [0.05, 0.1) is 10.4 Å². The minimum atomic E-state index is -0.333. The summed E-state index contributed by atoms with van der Waals surface area (Å²) < 4.78 is 12.8. The lowest BCUT2D eigenvalue weighted by molar-refractivity contribution is -0.118. The highest BCUT2D eigenvalue weighted by atomic mass is 32.2. The van der Waals surface area contributed by atoms with Crippen LogP contribution in [0.4, 0.5) is 10.1 Å². The number of halogens is 1. The summed E-state index contributed by atoms with van der Waals surface area (Å²) in [5.41, 5.74) is 0.744. The SMILES string of the molecule is O=C1Nc2ccc(F)cc2SC12CCCC2. The van der Waals surface area contributed by atoms with Crippen molar-refractivity contribution in [1.29, 1.82) is 0 Å². The number of nitrogens with one attached hydrogen (secondary N) is 1. The highest BCUT2D eigenvalue weighted by Crippen LogP contribution is 2.50. The Kier molecular flexibility index (Phi) is 2.21. The molecule has 1 saturated carbocycles. The fourth-order valence-corrected chi connectivity index (χ4v) is 3.91. The summed E-state index contributed by atoms with van der Waals surface area (Å²) in [6.45, 7) is 0. The molecule has 0 atom stereocenters. The lowest BCUT2D eigenvalue weighted by atomic mass is 10.1. The molecule has 0 aromatic heterocycles. The summed E-state index contributed by atoms with van der Waals surface area (Å²) in [6, 6.07) is 4.53. The number of benzene rings is 1. The Morgan fingerprint density at radius 2 is 2.06 bits per heavy atom. The van der Waals surface area contributed by atoms with E-state index >= 15 is 0 Å². The van der Waals surface area contributed by atoms with Crippen LogP contribution >= 0.6 is 11.8 Å². The Morgan fingerprint density at radius 1 is 1.31 bits per heavy atom. The molecule has 2 nitrogen and oxygen atoms in total. The Morgan fingerprint density at radius 3 is 2.81 bits per heavy atom. The van der Waals surface area contributed by atoms with E-state index in [4.69, 9.17) is 0 Å². The summed E-state index contributed by atoms with van der Waals surface area (Å²) in [4.78, 5) is 12.9. The first-order chi connectivity index (χ1) is 7.70. The maximum absolute atomic E-state index is 13.1. The third-order valence-corrected chi connectivity index (χ3v) is 4.86. The summed E-state index contributed by atoms with van der Waals surface area (Å²) >= 11 is 1.54. The van der Waals surface area contributed by atoms with Gasteiger partial charge in [0.2, 0.25) is 5.91 Å². The van der Waals surface area contributed by atoms with Gasteiger partial charge in [0.15, 0.2) is 0 Å². The normalized spacial score (nSPS) is 21.9. The lowest BCUT2D eigenvalue weighted by Crippen LogP contribution is -2.40. The van der Waals surface area contributed by atoms with Crippen LogP contribution in [0.2, 0.25) is 0 Å². The molecule has 1 aliphatic heterocycles. The molecule has 3 rings (SSSR count). The number of hydrogen-bond acceptors (Lipinski definition) is 2. The first-order valence-corrected chi connectivity index (χ1v) is 6.31. The van der Waals surface area contributed by atoms with Gasteiger partial charge in [-0.2, -0.15) is 0 Å². The van der Waals surface area contributed by atoms with Crippen molar-refractivity contribution in [3.8, 4) is 0 Å². The molecular weight excluding hydrogens is 225 g/mol. The van der Waals surface area contributed by atoms with Crippen molar-refractivity contribution in [2.75, 3.05) is 5.32 Å². The van der Waals surface area contributed by atoms with Gasteiger partial charge in [-0.1, -0.05) is 12.8 Å². The van der Waals surface area contributed by atoms with E-state index in [1.54, 1.807) is 6.07 Å². The zero-order chi connectivity index (χ0) is 11.2. The molecule has 1 spiro atoms. The van der Waals surface area contributed by atoms with Crippen LogP contribution in [0.3, 0.4) is 0 Å². The predicted octanol–water partition coefficient (Wildman–Crippen LogP) is 3.18. The number of amides is 1. The molecule has 0 bridgehead atoms. The molecule has 1 N–H and O–H groups in total. The van der Waals surface area contributed by atoms with E-state index in [1.807, 2.05) is 0 Å². The highest BCUT2D eigenvalue weighted by Gasteiger charge is 2.45. The summed E-state index contributed by atoms with van der Waals surface area (Å²) in [6.07, 6.45) is 3.98. The summed E-state index contributed by atoms with van der Waals surface area (Å²) in [7, 11) is 0. The molecule has 0 radical (unpaired) electrons. The Hall–Kier alpha value is -1.03. The average Bonchev–Trinajstić information content (AvgIpc) is 2.70. The minimum Gasteiger partial charge on any atom is -0.324 e. The van der Waals surface area contributed by atoms with E-state index in [0.29, 0.717) is 0 Å². The Labute approximate surface area is 97.6 Å². The fourth-order valence-electron chi connectivity index (χ4n) is 2.45. The standard InChI is InChI=1S/C12H12FNOS/c13-8-3-4-9-10(7-8)16-12(11(15)14-9)5-1-2-6-12/h3-4,7H,1-2,5-6H2,(H,14,15). The van der Waals surface area contributed by atoms with E-state index in [0.717, 1.165) is 36.3 Å². The third kappa shape index (κ3) is 1.44. The topological polar surface area (TPSA) is 29.1 Å². The van der Waals surface area contributed by atoms with Gasteiger partial charge in [0.1, 0.15) is 5.82 Å². The molecule has 1 aromatic rings. The fraction of sp³-hybridized carbons (Fsp3) is 0.417. The van der Waals surface area contributed by atoms with Gasteiger partial charge < -0.3 is 5.32 Å². The number of carbonyl (C=O) groups is 1. The molecule has 1 aliphatic carbocycles. The molecule has 1 heterocycles. The van der Waals surface area contributed by atoms with Gasteiger partial charge in [-0.15, -0.1) is 11.8 Å². The molecule has 1 fully saturated rings. The first-order valence-electron chi connectivity index (χ1n) is 5.50. The average molecular weight is 237 g/mol. The molecule has 0 saturated heterocycles. The van der Waals surface area contributed by atoms with E-state index in [2.05, 4.69) is 5.32 Å². The monoisotopic (exact) mass is 237 g/mol. The van der Waals surface area contributed by atoms with E-state index in [-0.39, 0.29) is 16.5 Å². The molecule has 2 aliphatic rings. The third-order valence-electron chi connectivity index (χ3n) is 3.32. The van der Waals surface area contributed by atoms with E-state index in [1.165, 1.54) is 23.9 Å². The quantitative estimate of drug-likeness (QED) is 0.750. The predicted molar refractivity (Wildman–Crippen MR) is 62.1 cm³/mol. The van der Waals surface area contributed by atoms with Crippen LogP contribution in [0.1, 0.15) is 25.7 Å². The van der Waals surface area contributed by atoms with Crippen molar-refractivity contribution < 1.29 is 9.18 Å². The second kappa shape index (κ2) is 3.48. The van der Waals surface area contributed by atoms with Crippen molar-refractivity contribution in [2.45, 2.75) is 35.3 Å². The largest absolute Gasteiger partial charge is 0.324 e. The van der Waals surface area contributed by atoms with Crippen molar-refractivity contribution in [1.82, 2.24) is 0 Å². The van der Waals surface area contributed by atoms with E-state index < -0.39 is 0 Å². The van der Waals surface area contributed by atoms with Crippen molar-refractivity contribution in [2.24, 2.45) is 0 Å². The van der Waals surface area contributed by atoms with Crippen LogP contribution in [0.15, 0.2) is 23.1 Å². The summed E-state index contributed by atoms with van der Waals surface area (Å²) in [5.74, 6) is -0.148. The van der Waals surface area contributed by atoms with Gasteiger partial charge >= 0.3 is 0 Å². The molecular formula is C12H12FNOS. The molecule has 1 aromatic carbocycles. The number of rotatable bonds is 0. The number of thioether (sulfide) groups is 1. The molecule has 1 amide bonds. The number of carbonyl (C=O) groups excluding carboxylic acids is 1. The zero-order valence-electron chi connectivity index (χ0n) is 8.75. The maximum Gasteiger partial charge on any atom is 0.241 e.